The molecular formula is C13H12BrN3O3S. The molecule has 6 nitrogen and oxygen atoms in total. The first kappa shape index (κ1) is 15.5. The number of nitrogens with zero attached hydrogens (tertiary/aromatic N) is 1. The van der Waals surface area contributed by atoms with Crippen LogP contribution in [0.3, 0.4) is 0 Å². The van der Waals surface area contributed by atoms with E-state index < -0.39 is 15.9 Å². The lowest BCUT2D eigenvalue weighted by Gasteiger charge is -2.09. The molecule has 0 spiro atoms. The quantitative estimate of drug-likeness (QED) is 0.804. The van der Waals surface area contributed by atoms with Gasteiger partial charge in [0, 0.05) is 5.56 Å². The third-order valence-electron chi connectivity index (χ3n) is 2.72. The average molecular weight is 370 g/mol. The number of aryl methyl sites for hydroxylation is 1. The highest BCUT2D eigenvalue weighted by atomic mass is 79.9. The van der Waals surface area contributed by atoms with Crippen molar-refractivity contribution in [1.29, 1.82) is 0 Å². The standard InChI is InChI=1S/C13H12BrN3O3S/c1-8-6-10(7-16-12(8)14)17-21(19,20)11-4-2-9(3-5-11)13(15)18/h2-7,17H,1H3,(H2,15,18). The van der Waals surface area contributed by atoms with Crippen molar-refractivity contribution in [1.82, 2.24) is 4.98 Å². The molecule has 1 aromatic heterocycles. The Bertz CT molecular complexity index is 789. The number of aromatic nitrogens is 1. The van der Waals surface area contributed by atoms with Gasteiger partial charge in [-0.2, -0.15) is 0 Å². The van der Waals surface area contributed by atoms with Crippen LogP contribution in [0.15, 0.2) is 46.0 Å². The van der Waals surface area contributed by atoms with Gasteiger partial charge in [0.25, 0.3) is 10.0 Å². The highest BCUT2D eigenvalue weighted by Gasteiger charge is 2.15. The Morgan fingerprint density at radius 3 is 2.43 bits per heavy atom. The van der Waals surface area contributed by atoms with Crippen molar-refractivity contribution in [2.45, 2.75) is 11.8 Å². The fourth-order valence-electron chi connectivity index (χ4n) is 1.63. The molecule has 2 aromatic rings. The highest BCUT2D eigenvalue weighted by Crippen LogP contribution is 2.20. The smallest absolute Gasteiger partial charge is 0.261 e. The second-order valence-corrected chi connectivity index (χ2v) is 6.76. The van der Waals surface area contributed by atoms with Gasteiger partial charge in [-0.3, -0.25) is 9.52 Å². The van der Waals surface area contributed by atoms with E-state index in [-0.39, 0.29) is 10.5 Å². The van der Waals surface area contributed by atoms with Gasteiger partial charge in [-0.05, 0) is 58.7 Å². The summed E-state index contributed by atoms with van der Waals surface area (Å²) in [6.07, 6.45) is 1.41. The predicted molar refractivity (Wildman–Crippen MR) is 82.4 cm³/mol. The van der Waals surface area contributed by atoms with Gasteiger partial charge in [0.05, 0.1) is 16.8 Å². The summed E-state index contributed by atoms with van der Waals surface area (Å²) < 4.78 is 27.5. The third kappa shape index (κ3) is 3.59. The number of primary amides is 1. The molecule has 8 heteroatoms. The second-order valence-electron chi connectivity index (χ2n) is 4.33. The molecule has 1 heterocycles. The number of carbonyl (C=O) groups is 1. The van der Waals surface area contributed by atoms with Crippen LogP contribution in [0, 0.1) is 6.92 Å². The van der Waals surface area contributed by atoms with Crippen molar-refractivity contribution in [3.8, 4) is 0 Å². The third-order valence-corrected chi connectivity index (χ3v) is 4.94. The maximum atomic E-state index is 12.2. The van der Waals surface area contributed by atoms with Crippen molar-refractivity contribution in [3.05, 3.63) is 52.3 Å². The number of halogens is 1. The van der Waals surface area contributed by atoms with Crippen molar-refractivity contribution in [3.63, 3.8) is 0 Å². The van der Waals surface area contributed by atoms with Crippen LogP contribution in [0.1, 0.15) is 15.9 Å². The van der Waals surface area contributed by atoms with Gasteiger partial charge >= 0.3 is 0 Å². The fraction of sp³-hybridized carbons (Fsp3) is 0.0769. The van der Waals surface area contributed by atoms with Gasteiger partial charge in [-0.15, -0.1) is 0 Å². The SMILES string of the molecule is Cc1cc(NS(=O)(=O)c2ccc(C(N)=O)cc2)cnc1Br. The van der Waals surface area contributed by atoms with E-state index >= 15 is 0 Å². The number of hydrogen-bond donors (Lipinski definition) is 2. The first-order valence-corrected chi connectivity index (χ1v) is 8.12. The first-order chi connectivity index (χ1) is 9.79. The maximum Gasteiger partial charge on any atom is 0.261 e. The number of pyridine rings is 1. The Labute approximate surface area is 130 Å². The van der Waals surface area contributed by atoms with Crippen molar-refractivity contribution < 1.29 is 13.2 Å². The van der Waals surface area contributed by atoms with Crippen LogP contribution in [-0.2, 0) is 10.0 Å². The number of amides is 1. The lowest BCUT2D eigenvalue weighted by molar-refractivity contribution is 0.1000. The number of carbonyl (C=O) groups excluding carboxylic acids is 1. The zero-order valence-corrected chi connectivity index (χ0v) is 13.4. The Morgan fingerprint density at radius 1 is 1.29 bits per heavy atom. The van der Waals surface area contributed by atoms with Crippen LogP contribution in [0.5, 0.6) is 0 Å². The number of rotatable bonds is 4. The molecular weight excluding hydrogens is 358 g/mol. The largest absolute Gasteiger partial charge is 0.366 e. The molecule has 0 radical (unpaired) electrons. The zero-order valence-electron chi connectivity index (χ0n) is 11.0. The Morgan fingerprint density at radius 2 is 1.90 bits per heavy atom. The van der Waals surface area contributed by atoms with E-state index in [1.165, 1.54) is 30.5 Å². The number of benzene rings is 1. The Hall–Kier alpha value is -1.93. The molecule has 0 unspecified atom stereocenters. The van der Waals surface area contributed by atoms with Crippen LogP contribution in [0.4, 0.5) is 5.69 Å². The molecule has 0 aliphatic rings. The molecule has 0 atom stereocenters. The van der Waals surface area contributed by atoms with E-state index in [9.17, 15) is 13.2 Å². The Balaban J connectivity index is 2.29. The second kappa shape index (κ2) is 5.82. The minimum atomic E-state index is -3.74. The highest BCUT2D eigenvalue weighted by molar-refractivity contribution is 9.10. The van der Waals surface area contributed by atoms with Crippen LogP contribution in [0.25, 0.3) is 0 Å². The minimum Gasteiger partial charge on any atom is -0.366 e. The molecule has 110 valence electrons. The van der Waals surface area contributed by atoms with E-state index in [0.29, 0.717) is 10.3 Å². The monoisotopic (exact) mass is 369 g/mol. The van der Waals surface area contributed by atoms with Crippen LogP contribution in [-0.4, -0.2) is 19.3 Å². The summed E-state index contributed by atoms with van der Waals surface area (Å²) in [6.45, 7) is 1.80. The number of nitrogens with one attached hydrogen (secondary N) is 1. The van der Waals surface area contributed by atoms with Crippen LogP contribution >= 0.6 is 15.9 Å². The van der Waals surface area contributed by atoms with Gasteiger partial charge in [-0.1, -0.05) is 0 Å². The molecule has 0 saturated heterocycles. The lowest BCUT2D eigenvalue weighted by atomic mass is 10.2. The van der Waals surface area contributed by atoms with Crippen molar-refractivity contribution in [2.75, 3.05) is 4.72 Å². The molecule has 21 heavy (non-hydrogen) atoms. The van der Waals surface area contributed by atoms with Gasteiger partial charge in [0.15, 0.2) is 0 Å². The summed E-state index contributed by atoms with van der Waals surface area (Å²) in [5, 5.41) is 0. The normalized spacial score (nSPS) is 11.1. The Kier molecular flexibility index (Phi) is 4.29. The molecule has 0 aliphatic carbocycles. The lowest BCUT2D eigenvalue weighted by Crippen LogP contribution is -2.15. The minimum absolute atomic E-state index is 0.0353. The number of hydrogen-bond acceptors (Lipinski definition) is 4. The van der Waals surface area contributed by atoms with Gasteiger partial charge in [0.2, 0.25) is 5.91 Å². The number of anilines is 1. The van der Waals surface area contributed by atoms with E-state index in [4.69, 9.17) is 5.73 Å². The van der Waals surface area contributed by atoms with Crippen molar-refractivity contribution >= 4 is 37.5 Å². The van der Waals surface area contributed by atoms with Crippen molar-refractivity contribution in [2.24, 2.45) is 5.73 Å². The average Bonchev–Trinajstić information content (AvgIpc) is 2.43. The van der Waals surface area contributed by atoms with E-state index in [1.807, 2.05) is 0 Å². The summed E-state index contributed by atoms with van der Waals surface area (Å²) >= 11 is 3.24. The molecule has 0 bridgehead atoms. The molecule has 0 fully saturated rings. The zero-order chi connectivity index (χ0) is 15.6. The molecule has 2 rings (SSSR count). The van der Waals surface area contributed by atoms with Gasteiger partial charge in [-0.25, -0.2) is 13.4 Å². The van der Waals surface area contributed by atoms with E-state index in [1.54, 1.807) is 13.0 Å². The summed E-state index contributed by atoms with van der Waals surface area (Å²) in [5.74, 6) is -0.611. The topological polar surface area (TPSA) is 102 Å². The molecule has 1 amide bonds. The number of sulfonamides is 1. The first-order valence-electron chi connectivity index (χ1n) is 5.84. The fourth-order valence-corrected chi connectivity index (χ4v) is 2.88. The summed E-state index contributed by atoms with van der Waals surface area (Å²) in [6, 6.07) is 7.03. The van der Waals surface area contributed by atoms with Crippen LogP contribution < -0.4 is 10.5 Å². The molecule has 1 aromatic carbocycles. The van der Waals surface area contributed by atoms with E-state index in [0.717, 1.165) is 5.56 Å². The van der Waals surface area contributed by atoms with Gasteiger partial charge < -0.3 is 5.73 Å². The summed E-state index contributed by atoms with van der Waals surface area (Å²) in [5.41, 5.74) is 6.52. The molecule has 0 aliphatic heterocycles. The van der Waals surface area contributed by atoms with Gasteiger partial charge in [0.1, 0.15) is 4.60 Å². The molecule has 0 saturated carbocycles. The molecule has 3 N–H and O–H groups in total. The summed E-state index contributed by atoms with van der Waals surface area (Å²) in [4.78, 5) is 15.0. The predicted octanol–water partition coefficient (Wildman–Crippen LogP) is 2.05. The maximum absolute atomic E-state index is 12.2. The summed E-state index contributed by atoms with van der Waals surface area (Å²) in [7, 11) is -3.74. The van der Waals surface area contributed by atoms with Crippen LogP contribution in [0.2, 0.25) is 0 Å². The number of nitrogens with two attached hydrogens (primary N) is 1. The van der Waals surface area contributed by atoms with E-state index in [2.05, 4.69) is 25.6 Å².